The van der Waals surface area contributed by atoms with E-state index in [2.05, 4.69) is 5.32 Å². The minimum Gasteiger partial charge on any atom is -0.369 e. The third-order valence-corrected chi connectivity index (χ3v) is 3.15. The molecule has 0 aliphatic heterocycles. The molecule has 3 nitrogen and oxygen atoms in total. The summed E-state index contributed by atoms with van der Waals surface area (Å²) in [5.41, 5.74) is 0.352. The average Bonchev–Trinajstić information content (AvgIpc) is 2.70. The quantitative estimate of drug-likeness (QED) is 0.857. The first-order valence-corrected chi connectivity index (χ1v) is 5.80. The first kappa shape index (κ1) is 12.2. The van der Waals surface area contributed by atoms with Crippen LogP contribution >= 0.6 is 11.3 Å². The fraction of sp³-hybridized carbons (Fsp3) is 0.545. The van der Waals surface area contributed by atoms with Crippen LogP contribution in [-0.2, 0) is 9.53 Å². The van der Waals surface area contributed by atoms with E-state index in [4.69, 9.17) is 4.74 Å². The number of thiophene rings is 1. The first-order chi connectivity index (χ1) is 6.97. The smallest absolute Gasteiger partial charge is 0.252 e. The van der Waals surface area contributed by atoms with Crippen molar-refractivity contribution < 1.29 is 9.53 Å². The molecular weight excluding hydrogens is 210 g/mol. The first-order valence-electron chi connectivity index (χ1n) is 4.85. The molecule has 1 aromatic rings. The summed E-state index contributed by atoms with van der Waals surface area (Å²) in [6.45, 7) is 5.47. The van der Waals surface area contributed by atoms with Crippen molar-refractivity contribution >= 4 is 17.2 Å². The van der Waals surface area contributed by atoms with Gasteiger partial charge in [0.1, 0.15) is 5.60 Å². The molecule has 0 aliphatic carbocycles. The summed E-state index contributed by atoms with van der Waals surface area (Å²) < 4.78 is 5.11. The number of ether oxygens (including phenoxy) is 1. The monoisotopic (exact) mass is 227 g/mol. The van der Waals surface area contributed by atoms with Gasteiger partial charge in [0.05, 0.1) is 6.04 Å². The number of carbonyl (C=O) groups is 1. The molecule has 1 rings (SSSR count). The summed E-state index contributed by atoms with van der Waals surface area (Å²) in [5, 5.41) is 6.95. The van der Waals surface area contributed by atoms with Gasteiger partial charge in [-0.3, -0.25) is 4.79 Å². The molecule has 1 unspecified atom stereocenters. The largest absolute Gasteiger partial charge is 0.369 e. The topological polar surface area (TPSA) is 38.3 Å². The molecule has 0 saturated carbocycles. The zero-order chi connectivity index (χ0) is 11.5. The van der Waals surface area contributed by atoms with Gasteiger partial charge in [-0.05, 0) is 43.2 Å². The number of methoxy groups -OCH3 is 1. The van der Waals surface area contributed by atoms with Crippen molar-refractivity contribution in [1.29, 1.82) is 0 Å². The van der Waals surface area contributed by atoms with Crippen molar-refractivity contribution in [3.05, 3.63) is 22.4 Å². The Labute approximate surface area is 94.5 Å². The number of carbonyl (C=O) groups excluding carboxylic acids is 1. The van der Waals surface area contributed by atoms with Crippen LogP contribution in [0.15, 0.2) is 16.8 Å². The molecule has 1 amide bonds. The van der Waals surface area contributed by atoms with Gasteiger partial charge in [0.2, 0.25) is 0 Å². The van der Waals surface area contributed by atoms with Crippen molar-refractivity contribution in [2.24, 2.45) is 0 Å². The van der Waals surface area contributed by atoms with E-state index in [0.29, 0.717) is 0 Å². The maximum Gasteiger partial charge on any atom is 0.252 e. The fourth-order valence-electron chi connectivity index (χ4n) is 1.07. The molecule has 0 aliphatic rings. The number of amides is 1. The molecular formula is C11H17NO2S. The standard InChI is InChI=1S/C11H17NO2S/c1-8(9-5-6-15-7-9)12-10(13)11(2,3)14-4/h5-8H,1-4H3,(H,12,13). The molecule has 0 aromatic carbocycles. The molecule has 4 heteroatoms. The summed E-state index contributed by atoms with van der Waals surface area (Å²) in [4.78, 5) is 11.8. The summed E-state index contributed by atoms with van der Waals surface area (Å²) in [5.74, 6) is -0.0938. The van der Waals surface area contributed by atoms with Gasteiger partial charge in [-0.15, -0.1) is 0 Å². The molecule has 84 valence electrons. The molecule has 0 bridgehead atoms. The molecule has 1 aromatic heterocycles. The Bertz CT molecular complexity index is 319. The minimum atomic E-state index is -0.774. The number of rotatable bonds is 4. The van der Waals surface area contributed by atoms with Crippen molar-refractivity contribution in [2.75, 3.05) is 7.11 Å². The maximum absolute atomic E-state index is 11.8. The summed E-state index contributed by atoms with van der Waals surface area (Å²) >= 11 is 1.63. The van der Waals surface area contributed by atoms with Gasteiger partial charge in [0.15, 0.2) is 0 Å². The number of hydrogen-bond acceptors (Lipinski definition) is 3. The van der Waals surface area contributed by atoms with Crippen LogP contribution in [0.4, 0.5) is 0 Å². The fourth-order valence-corrected chi connectivity index (χ4v) is 1.82. The Hall–Kier alpha value is -0.870. The molecule has 0 spiro atoms. The lowest BCUT2D eigenvalue weighted by Crippen LogP contribution is -2.44. The molecule has 1 N–H and O–H groups in total. The number of nitrogens with one attached hydrogen (secondary N) is 1. The van der Waals surface area contributed by atoms with Gasteiger partial charge in [-0.1, -0.05) is 0 Å². The van der Waals surface area contributed by atoms with Crippen molar-refractivity contribution in [3.8, 4) is 0 Å². The Morgan fingerprint density at radius 3 is 2.73 bits per heavy atom. The van der Waals surface area contributed by atoms with Gasteiger partial charge < -0.3 is 10.1 Å². The lowest BCUT2D eigenvalue weighted by atomic mass is 10.1. The van der Waals surface area contributed by atoms with E-state index in [1.807, 2.05) is 23.8 Å². The van der Waals surface area contributed by atoms with E-state index < -0.39 is 5.60 Å². The molecule has 0 radical (unpaired) electrons. The predicted octanol–water partition coefficient (Wildman–Crippen LogP) is 2.35. The Morgan fingerprint density at radius 1 is 1.60 bits per heavy atom. The van der Waals surface area contributed by atoms with Crippen LogP contribution in [0.1, 0.15) is 32.4 Å². The highest BCUT2D eigenvalue weighted by atomic mass is 32.1. The molecule has 0 fully saturated rings. The predicted molar refractivity (Wildman–Crippen MR) is 62.0 cm³/mol. The van der Waals surface area contributed by atoms with Gasteiger partial charge >= 0.3 is 0 Å². The van der Waals surface area contributed by atoms with Crippen molar-refractivity contribution in [2.45, 2.75) is 32.4 Å². The van der Waals surface area contributed by atoms with Gasteiger partial charge in [0.25, 0.3) is 5.91 Å². The van der Waals surface area contributed by atoms with Crippen LogP contribution in [-0.4, -0.2) is 18.6 Å². The third-order valence-electron chi connectivity index (χ3n) is 2.45. The molecule has 15 heavy (non-hydrogen) atoms. The van der Waals surface area contributed by atoms with Crippen LogP contribution in [0.5, 0.6) is 0 Å². The Balaban J connectivity index is 2.60. The summed E-state index contributed by atoms with van der Waals surface area (Å²) in [7, 11) is 1.54. The average molecular weight is 227 g/mol. The lowest BCUT2D eigenvalue weighted by molar-refractivity contribution is -0.140. The van der Waals surface area contributed by atoms with Crippen LogP contribution in [0.25, 0.3) is 0 Å². The SMILES string of the molecule is COC(C)(C)C(=O)NC(C)c1ccsc1. The Kier molecular flexibility index (Phi) is 3.88. The summed E-state index contributed by atoms with van der Waals surface area (Å²) in [6, 6.07) is 2.04. The van der Waals surface area contributed by atoms with E-state index in [1.54, 1.807) is 25.2 Å². The van der Waals surface area contributed by atoms with Gasteiger partial charge in [-0.25, -0.2) is 0 Å². The van der Waals surface area contributed by atoms with Crippen molar-refractivity contribution in [1.82, 2.24) is 5.32 Å². The normalized spacial score (nSPS) is 13.6. The van der Waals surface area contributed by atoms with E-state index >= 15 is 0 Å². The second kappa shape index (κ2) is 4.77. The molecule has 1 atom stereocenters. The van der Waals surface area contributed by atoms with Crippen molar-refractivity contribution in [3.63, 3.8) is 0 Å². The number of hydrogen-bond donors (Lipinski definition) is 1. The zero-order valence-corrected chi connectivity index (χ0v) is 10.4. The molecule has 0 saturated heterocycles. The van der Waals surface area contributed by atoms with E-state index in [1.165, 1.54) is 7.11 Å². The van der Waals surface area contributed by atoms with Crippen LogP contribution in [0, 0.1) is 0 Å². The second-order valence-electron chi connectivity index (χ2n) is 3.97. The highest BCUT2D eigenvalue weighted by Crippen LogP contribution is 2.17. The van der Waals surface area contributed by atoms with E-state index in [-0.39, 0.29) is 11.9 Å². The van der Waals surface area contributed by atoms with E-state index in [9.17, 15) is 4.79 Å². The second-order valence-corrected chi connectivity index (χ2v) is 4.75. The van der Waals surface area contributed by atoms with E-state index in [0.717, 1.165) is 5.56 Å². The molecule has 1 heterocycles. The Morgan fingerprint density at radius 2 is 2.27 bits per heavy atom. The minimum absolute atomic E-state index is 0.0261. The highest BCUT2D eigenvalue weighted by Gasteiger charge is 2.28. The summed E-state index contributed by atoms with van der Waals surface area (Å²) in [6.07, 6.45) is 0. The van der Waals surface area contributed by atoms with Crippen LogP contribution in [0.2, 0.25) is 0 Å². The third kappa shape index (κ3) is 3.04. The van der Waals surface area contributed by atoms with Crippen LogP contribution in [0.3, 0.4) is 0 Å². The van der Waals surface area contributed by atoms with Crippen LogP contribution < -0.4 is 5.32 Å². The van der Waals surface area contributed by atoms with Gasteiger partial charge in [0, 0.05) is 7.11 Å². The maximum atomic E-state index is 11.8. The lowest BCUT2D eigenvalue weighted by Gasteiger charge is -2.24. The zero-order valence-electron chi connectivity index (χ0n) is 9.53. The highest BCUT2D eigenvalue weighted by molar-refractivity contribution is 7.07. The van der Waals surface area contributed by atoms with Gasteiger partial charge in [-0.2, -0.15) is 11.3 Å².